The summed E-state index contributed by atoms with van der Waals surface area (Å²) in [5.41, 5.74) is 2.93. The fourth-order valence-electron chi connectivity index (χ4n) is 4.74. The first-order chi connectivity index (χ1) is 16.1. The van der Waals surface area contributed by atoms with Crippen molar-refractivity contribution in [2.24, 2.45) is 17.8 Å². The summed E-state index contributed by atoms with van der Waals surface area (Å²) < 4.78 is 11.1. The molecule has 3 rings (SSSR count). The Bertz CT molecular complexity index is 1020. The molecule has 34 heavy (non-hydrogen) atoms. The van der Waals surface area contributed by atoms with Gasteiger partial charge in [-0.1, -0.05) is 45.4 Å². The number of hydrogen-bond donors (Lipinski definition) is 1. The van der Waals surface area contributed by atoms with Crippen molar-refractivity contribution in [2.45, 2.75) is 60.0 Å². The predicted octanol–water partition coefficient (Wildman–Crippen LogP) is 5.72. The van der Waals surface area contributed by atoms with Gasteiger partial charge >= 0.3 is 11.9 Å². The van der Waals surface area contributed by atoms with E-state index < -0.39 is 24.5 Å². The van der Waals surface area contributed by atoms with Gasteiger partial charge in [0.15, 0.2) is 6.61 Å². The number of aryl methyl sites for hydroxylation is 2. The molecule has 1 fully saturated rings. The van der Waals surface area contributed by atoms with Crippen LogP contribution in [-0.4, -0.2) is 30.6 Å². The monoisotopic (exact) mass is 465 g/mol. The number of esters is 2. The van der Waals surface area contributed by atoms with Crippen LogP contribution in [0, 0.1) is 31.6 Å². The van der Waals surface area contributed by atoms with Gasteiger partial charge in [0.05, 0.1) is 11.1 Å². The third kappa shape index (κ3) is 6.69. The van der Waals surface area contributed by atoms with Crippen molar-refractivity contribution < 1.29 is 23.9 Å². The van der Waals surface area contributed by atoms with Crippen LogP contribution in [0.5, 0.6) is 0 Å². The minimum absolute atomic E-state index is 0.0941. The largest absolute Gasteiger partial charge is 0.458 e. The molecule has 0 unspecified atom stereocenters. The van der Waals surface area contributed by atoms with Gasteiger partial charge in [0.25, 0.3) is 5.91 Å². The predicted molar refractivity (Wildman–Crippen MR) is 132 cm³/mol. The van der Waals surface area contributed by atoms with Crippen molar-refractivity contribution in [1.82, 2.24) is 0 Å². The van der Waals surface area contributed by atoms with E-state index in [9.17, 15) is 14.4 Å². The quantitative estimate of drug-likeness (QED) is 0.529. The minimum Gasteiger partial charge on any atom is -0.458 e. The highest BCUT2D eigenvalue weighted by Gasteiger charge is 2.34. The van der Waals surface area contributed by atoms with E-state index in [0.717, 1.165) is 30.4 Å². The lowest BCUT2D eigenvalue weighted by molar-refractivity contribution is -0.119. The van der Waals surface area contributed by atoms with Crippen molar-refractivity contribution >= 4 is 23.5 Å². The number of carbonyl (C=O) groups excluding carboxylic acids is 3. The van der Waals surface area contributed by atoms with E-state index in [-0.39, 0.29) is 17.2 Å². The molecule has 1 aliphatic carbocycles. The fraction of sp³-hybridized carbons (Fsp3) is 0.464. The molecule has 1 saturated carbocycles. The third-order valence-electron chi connectivity index (χ3n) is 6.43. The highest BCUT2D eigenvalue weighted by Crippen LogP contribution is 2.35. The number of rotatable bonds is 7. The molecule has 6 heteroatoms. The van der Waals surface area contributed by atoms with Gasteiger partial charge in [0.1, 0.15) is 6.10 Å². The number of hydrogen-bond acceptors (Lipinski definition) is 5. The van der Waals surface area contributed by atoms with Crippen LogP contribution in [0.15, 0.2) is 42.5 Å². The Labute approximate surface area is 202 Å². The molecule has 1 aliphatic rings. The number of carbonyl (C=O) groups is 3. The van der Waals surface area contributed by atoms with Gasteiger partial charge in [0.2, 0.25) is 0 Å². The summed E-state index contributed by atoms with van der Waals surface area (Å²) in [6, 6.07) is 12.1. The van der Waals surface area contributed by atoms with Crippen LogP contribution in [-0.2, 0) is 14.3 Å². The van der Waals surface area contributed by atoms with E-state index in [0.29, 0.717) is 23.4 Å². The summed E-state index contributed by atoms with van der Waals surface area (Å²) >= 11 is 0. The van der Waals surface area contributed by atoms with Gasteiger partial charge in [-0.05, 0) is 79.8 Å². The summed E-state index contributed by atoms with van der Waals surface area (Å²) in [5, 5.41) is 2.73. The van der Waals surface area contributed by atoms with E-state index in [1.165, 1.54) is 6.07 Å². The minimum atomic E-state index is -0.736. The average molecular weight is 466 g/mol. The Kier molecular flexibility index (Phi) is 8.48. The maximum atomic E-state index is 13.0. The van der Waals surface area contributed by atoms with Crippen LogP contribution in [0.1, 0.15) is 71.9 Å². The van der Waals surface area contributed by atoms with Crippen LogP contribution in [0.25, 0.3) is 0 Å². The number of benzene rings is 2. The molecular formula is C28H35NO5. The number of ether oxygens (including phenoxy) is 2. The zero-order valence-electron chi connectivity index (χ0n) is 20.7. The Morgan fingerprint density at radius 2 is 1.59 bits per heavy atom. The lowest BCUT2D eigenvalue weighted by Gasteiger charge is -2.36. The summed E-state index contributed by atoms with van der Waals surface area (Å²) in [6.45, 7) is 9.90. The van der Waals surface area contributed by atoms with Crippen molar-refractivity contribution in [3.63, 3.8) is 0 Å². The molecule has 2 aromatic rings. The van der Waals surface area contributed by atoms with Gasteiger partial charge in [-0.25, -0.2) is 9.59 Å². The second-order valence-electron chi connectivity index (χ2n) is 9.82. The maximum absolute atomic E-state index is 13.0. The first-order valence-electron chi connectivity index (χ1n) is 12.0. The lowest BCUT2D eigenvalue weighted by Crippen LogP contribution is -2.36. The van der Waals surface area contributed by atoms with Crippen LogP contribution < -0.4 is 5.32 Å². The topological polar surface area (TPSA) is 81.7 Å². The Morgan fingerprint density at radius 1 is 0.971 bits per heavy atom. The van der Waals surface area contributed by atoms with Crippen molar-refractivity contribution in [3.05, 3.63) is 64.7 Å². The summed E-state index contributed by atoms with van der Waals surface area (Å²) in [4.78, 5) is 38.1. The normalized spacial score (nSPS) is 20.0. The molecule has 0 spiro atoms. The summed E-state index contributed by atoms with van der Waals surface area (Å²) in [7, 11) is 0. The Morgan fingerprint density at radius 3 is 2.21 bits per heavy atom. The molecule has 0 radical (unpaired) electrons. The highest BCUT2D eigenvalue weighted by atomic mass is 16.5. The van der Waals surface area contributed by atoms with E-state index in [4.69, 9.17) is 9.47 Å². The zero-order valence-corrected chi connectivity index (χ0v) is 20.7. The maximum Gasteiger partial charge on any atom is 0.339 e. The van der Waals surface area contributed by atoms with Crippen molar-refractivity contribution in [3.8, 4) is 0 Å². The summed E-state index contributed by atoms with van der Waals surface area (Å²) in [6.07, 6.45) is 2.80. The molecular weight excluding hydrogens is 430 g/mol. The molecule has 1 amide bonds. The first kappa shape index (κ1) is 25.5. The van der Waals surface area contributed by atoms with Gasteiger partial charge in [-0.15, -0.1) is 0 Å². The van der Waals surface area contributed by atoms with Crippen LogP contribution in [0.4, 0.5) is 5.69 Å². The highest BCUT2D eigenvalue weighted by molar-refractivity contribution is 6.04. The molecule has 0 heterocycles. The SMILES string of the molecule is Cc1cc(C)cc(NC(=O)COC(=O)c2ccccc2C(=O)O[C@@H]2C[C@H](C)CC[C@H]2C(C)C)c1. The van der Waals surface area contributed by atoms with Gasteiger partial charge < -0.3 is 14.8 Å². The smallest absolute Gasteiger partial charge is 0.339 e. The molecule has 0 saturated heterocycles. The van der Waals surface area contributed by atoms with E-state index in [1.807, 2.05) is 32.0 Å². The molecule has 0 bridgehead atoms. The fourth-order valence-corrected chi connectivity index (χ4v) is 4.74. The van der Waals surface area contributed by atoms with Crippen LogP contribution in [0.2, 0.25) is 0 Å². The molecule has 0 aromatic heterocycles. The number of anilines is 1. The molecule has 1 N–H and O–H groups in total. The van der Waals surface area contributed by atoms with Crippen molar-refractivity contribution in [1.29, 1.82) is 0 Å². The number of amides is 1. The molecule has 0 aliphatic heterocycles. The molecule has 182 valence electrons. The zero-order chi connectivity index (χ0) is 24.8. The second-order valence-corrected chi connectivity index (χ2v) is 9.82. The second kappa shape index (κ2) is 11.3. The molecule has 3 atom stereocenters. The van der Waals surface area contributed by atoms with Gasteiger partial charge in [-0.2, -0.15) is 0 Å². The molecule has 6 nitrogen and oxygen atoms in total. The molecule has 2 aromatic carbocycles. The third-order valence-corrected chi connectivity index (χ3v) is 6.43. The summed E-state index contributed by atoms with van der Waals surface area (Å²) in [5.74, 6) is -0.523. The lowest BCUT2D eigenvalue weighted by atomic mass is 9.75. The average Bonchev–Trinajstić information content (AvgIpc) is 2.76. The first-order valence-corrected chi connectivity index (χ1v) is 12.0. The standard InChI is InChI=1S/C28H35NO5/c1-17(2)22-11-10-18(3)15-25(22)34-28(32)24-9-7-6-8-23(24)27(31)33-16-26(30)29-21-13-19(4)12-20(5)14-21/h6-9,12-14,17-18,22,25H,10-11,15-16H2,1-5H3,(H,29,30)/t18-,22+,25-/m1/s1. The van der Waals surface area contributed by atoms with E-state index in [2.05, 4.69) is 26.1 Å². The Balaban J connectivity index is 1.64. The van der Waals surface area contributed by atoms with Crippen LogP contribution >= 0.6 is 0 Å². The van der Waals surface area contributed by atoms with Gasteiger partial charge in [-0.3, -0.25) is 4.79 Å². The van der Waals surface area contributed by atoms with E-state index in [1.54, 1.807) is 18.2 Å². The van der Waals surface area contributed by atoms with Crippen LogP contribution in [0.3, 0.4) is 0 Å². The Hall–Kier alpha value is -3.15. The number of nitrogens with one attached hydrogen (secondary N) is 1. The van der Waals surface area contributed by atoms with Crippen molar-refractivity contribution in [2.75, 3.05) is 11.9 Å². The van der Waals surface area contributed by atoms with E-state index >= 15 is 0 Å². The van der Waals surface area contributed by atoms with Gasteiger partial charge in [0, 0.05) is 5.69 Å².